The van der Waals surface area contributed by atoms with Crippen LogP contribution in [0.15, 0.2) is 49.0 Å². The zero-order chi connectivity index (χ0) is 8.10. The molecule has 0 saturated carbocycles. The van der Waals surface area contributed by atoms with Crippen LogP contribution in [-0.2, 0) is 0 Å². The van der Waals surface area contributed by atoms with Crippen molar-refractivity contribution in [3.05, 3.63) is 49.0 Å². The highest BCUT2D eigenvalue weighted by Crippen LogP contribution is 1.86. The highest BCUT2D eigenvalue weighted by Gasteiger charge is 2.04. The summed E-state index contributed by atoms with van der Waals surface area (Å²) >= 11 is 0. The molecule has 1 aromatic rings. The standard InChI is InChI=1S/C9H10NSi/c1-3-11(4-2)9-7-5-6-8-10-9/h3-8H,1-2H2. The van der Waals surface area contributed by atoms with Crippen molar-refractivity contribution in [1.29, 1.82) is 0 Å². The third-order valence-electron chi connectivity index (χ3n) is 1.40. The minimum atomic E-state index is -0.784. The van der Waals surface area contributed by atoms with E-state index in [0.29, 0.717) is 0 Å². The van der Waals surface area contributed by atoms with E-state index in [1.807, 2.05) is 29.6 Å². The maximum Gasteiger partial charge on any atom is 0.163 e. The molecule has 1 heterocycles. The fraction of sp³-hybridized carbons (Fsp3) is 0. The van der Waals surface area contributed by atoms with E-state index in [-0.39, 0.29) is 0 Å². The molecule has 0 unspecified atom stereocenters. The molecule has 0 atom stereocenters. The first-order valence-corrected chi connectivity index (χ1v) is 5.07. The third kappa shape index (κ3) is 1.88. The molecular weight excluding hydrogens is 150 g/mol. The second-order valence-corrected chi connectivity index (χ2v) is 4.32. The molecular formula is C9H10NSi. The van der Waals surface area contributed by atoms with Gasteiger partial charge >= 0.3 is 0 Å². The summed E-state index contributed by atoms with van der Waals surface area (Å²) in [5, 5.41) is 1.10. The normalized spacial score (nSPS) is 9.55. The molecule has 1 rings (SSSR count). The lowest BCUT2D eigenvalue weighted by atomic mass is 10.5. The minimum Gasteiger partial charge on any atom is -0.266 e. The van der Waals surface area contributed by atoms with E-state index < -0.39 is 8.80 Å². The molecule has 0 saturated heterocycles. The van der Waals surface area contributed by atoms with Crippen LogP contribution in [0.2, 0.25) is 0 Å². The number of aromatic nitrogens is 1. The van der Waals surface area contributed by atoms with E-state index in [4.69, 9.17) is 0 Å². The van der Waals surface area contributed by atoms with Crippen LogP contribution in [0.5, 0.6) is 0 Å². The maximum absolute atomic E-state index is 4.22. The molecule has 1 radical (unpaired) electrons. The van der Waals surface area contributed by atoms with Crippen LogP contribution >= 0.6 is 0 Å². The van der Waals surface area contributed by atoms with Gasteiger partial charge in [-0.25, -0.2) is 0 Å². The van der Waals surface area contributed by atoms with Crippen LogP contribution < -0.4 is 5.32 Å². The van der Waals surface area contributed by atoms with E-state index in [1.54, 1.807) is 6.20 Å². The minimum absolute atomic E-state index is 0.784. The van der Waals surface area contributed by atoms with Crippen molar-refractivity contribution in [2.24, 2.45) is 0 Å². The van der Waals surface area contributed by atoms with Crippen LogP contribution in [0.3, 0.4) is 0 Å². The molecule has 1 aromatic heterocycles. The molecule has 0 amide bonds. The van der Waals surface area contributed by atoms with Crippen LogP contribution in [0.4, 0.5) is 0 Å². The van der Waals surface area contributed by atoms with E-state index in [9.17, 15) is 0 Å². The number of nitrogens with zero attached hydrogens (tertiary/aromatic N) is 1. The predicted octanol–water partition coefficient (Wildman–Crippen LogP) is 1.23. The molecule has 0 aliphatic heterocycles. The first-order valence-electron chi connectivity index (χ1n) is 3.41. The average Bonchev–Trinajstić information content (AvgIpc) is 2.09. The van der Waals surface area contributed by atoms with Gasteiger partial charge in [0.15, 0.2) is 8.80 Å². The lowest BCUT2D eigenvalue weighted by molar-refractivity contribution is 1.38. The average molecular weight is 160 g/mol. The van der Waals surface area contributed by atoms with Crippen molar-refractivity contribution >= 4 is 14.1 Å². The third-order valence-corrected chi connectivity index (χ3v) is 3.17. The van der Waals surface area contributed by atoms with Crippen molar-refractivity contribution in [1.82, 2.24) is 4.98 Å². The zero-order valence-corrected chi connectivity index (χ0v) is 7.33. The Balaban J connectivity index is 2.90. The van der Waals surface area contributed by atoms with Crippen molar-refractivity contribution in [3.8, 4) is 0 Å². The summed E-state index contributed by atoms with van der Waals surface area (Å²) in [5.74, 6) is 0. The first-order chi connectivity index (χ1) is 5.38. The summed E-state index contributed by atoms with van der Waals surface area (Å²) in [6.07, 6.45) is 1.80. The highest BCUT2D eigenvalue weighted by molar-refractivity contribution is 6.81. The van der Waals surface area contributed by atoms with Crippen LogP contribution in [0.25, 0.3) is 0 Å². The Bertz CT molecular complexity index is 235. The van der Waals surface area contributed by atoms with E-state index in [2.05, 4.69) is 18.1 Å². The highest BCUT2D eigenvalue weighted by atomic mass is 28.3. The predicted molar refractivity (Wildman–Crippen MR) is 50.0 cm³/mol. The Labute approximate surface area is 68.7 Å². The topological polar surface area (TPSA) is 12.9 Å². The SMILES string of the molecule is C=C[Si](C=C)c1ccccn1. The Kier molecular flexibility index (Phi) is 2.80. The Morgan fingerprint density at radius 2 is 2.00 bits per heavy atom. The van der Waals surface area contributed by atoms with Gasteiger partial charge in [0, 0.05) is 11.5 Å². The summed E-state index contributed by atoms with van der Waals surface area (Å²) in [7, 11) is -0.784. The lowest BCUT2D eigenvalue weighted by Gasteiger charge is -2.01. The number of pyridine rings is 1. The molecule has 55 valence electrons. The Morgan fingerprint density at radius 1 is 1.27 bits per heavy atom. The number of hydrogen-bond donors (Lipinski definition) is 0. The molecule has 0 bridgehead atoms. The van der Waals surface area contributed by atoms with Gasteiger partial charge in [-0.2, -0.15) is 0 Å². The van der Waals surface area contributed by atoms with Gasteiger partial charge in [-0.1, -0.05) is 17.5 Å². The first kappa shape index (κ1) is 7.95. The van der Waals surface area contributed by atoms with Crippen molar-refractivity contribution in [2.75, 3.05) is 0 Å². The van der Waals surface area contributed by atoms with Crippen molar-refractivity contribution < 1.29 is 0 Å². The largest absolute Gasteiger partial charge is 0.266 e. The van der Waals surface area contributed by atoms with Gasteiger partial charge in [-0.15, -0.1) is 13.2 Å². The van der Waals surface area contributed by atoms with Gasteiger partial charge in [0.2, 0.25) is 0 Å². The Hall–Kier alpha value is -1.15. The number of rotatable bonds is 3. The monoisotopic (exact) mass is 160 g/mol. The molecule has 0 aliphatic carbocycles. The summed E-state index contributed by atoms with van der Waals surface area (Å²) in [5.41, 5.74) is 3.86. The quantitative estimate of drug-likeness (QED) is 0.606. The van der Waals surface area contributed by atoms with E-state index >= 15 is 0 Å². The summed E-state index contributed by atoms with van der Waals surface area (Å²) < 4.78 is 0. The van der Waals surface area contributed by atoms with E-state index in [0.717, 1.165) is 5.32 Å². The fourth-order valence-electron chi connectivity index (χ4n) is 0.826. The van der Waals surface area contributed by atoms with Gasteiger partial charge in [0.25, 0.3) is 0 Å². The molecule has 0 spiro atoms. The van der Waals surface area contributed by atoms with Gasteiger partial charge in [0.1, 0.15) is 0 Å². The Morgan fingerprint density at radius 3 is 2.45 bits per heavy atom. The van der Waals surface area contributed by atoms with Gasteiger partial charge < -0.3 is 0 Å². The summed E-state index contributed by atoms with van der Waals surface area (Å²) in [6, 6.07) is 5.91. The van der Waals surface area contributed by atoms with Crippen molar-refractivity contribution in [3.63, 3.8) is 0 Å². The smallest absolute Gasteiger partial charge is 0.163 e. The second-order valence-electron chi connectivity index (χ2n) is 2.08. The second kappa shape index (κ2) is 3.88. The van der Waals surface area contributed by atoms with Gasteiger partial charge in [0.05, 0.1) is 0 Å². The molecule has 1 nitrogen and oxygen atoms in total. The summed E-state index contributed by atoms with van der Waals surface area (Å²) in [4.78, 5) is 4.22. The van der Waals surface area contributed by atoms with Crippen LogP contribution in [-0.4, -0.2) is 13.8 Å². The molecule has 2 heteroatoms. The lowest BCUT2D eigenvalue weighted by Crippen LogP contribution is -2.28. The fourth-order valence-corrected chi connectivity index (χ4v) is 1.92. The zero-order valence-electron chi connectivity index (χ0n) is 6.33. The van der Waals surface area contributed by atoms with E-state index in [1.165, 1.54) is 0 Å². The van der Waals surface area contributed by atoms with Gasteiger partial charge in [-0.05, 0) is 12.1 Å². The number of hydrogen-bond acceptors (Lipinski definition) is 1. The maximum atomic E-state index is 4.22. The van der Waals surface area contributed by atoms with Crippen molar-refractivity contribution in [2.45, 2.75) is 0 Å². The van der Waals surface area contributed by atoms with Crippen LogP contribution in [0.1, 0.15) is 0 Å². The molecule has 0 aliphatic rings. The summed E-state index contributed by atoms with van der Waals surface area (Å²) in [6.45, 7) is 7.48. The molecule has 0 fully saturated rings. The molecule has 0 N–H and O–H groups in total. The van der Waals surface area contributed by atoms with Gasteiger partial charge in [-0.3, -0.25) is 4.98 Å². The molecule has 11 heavy (non-hydrogen) atoms. The molecule has 0 aromatic carbocycles. The van der Waals surface area contributed by atoms with Crippen LogP contribution in [0, 0.1) is 0 Å².